The maximum absolute atomic E-state index is 12.6. The molecule has 0 aliphatic rings. The van der Waals surface area contributed by atoms with Gasteiger partial charge in [0, 0.05) is 26.5 Å². The van der Waals surface area contributed by atoms with Crippen molar-refractivity contribution < 1.29 is 4.79 Å². The van der Waals surface area contributed by atoms with Gasteiger partial charge in [0.1, 0.15) is 5.82 Å². The smallest absolute Gasteiger partial charge is 0.322 e. The number of fused-ring (bicyclic) bond motifs is 1. The molecule has 3 aromatic rings. The Labute approximate surface area is 137 Å². The molecule has 3 rings (SSSR count). The van der Waals surface area contributed by atoms with Crippen molar-refractivity contribution in [3.8, 4) is 5.69 Å². The zero-order valence-electron chi connectivity index (χ0n) is 13.2. The van der Waals surface area contributed by atoms with Crippen LogP contribution in [0.4, 0.5) is 10.6 Å². The molecule has 0 unspecified atom stereocenters. The molecular weight excluding hydrogens is 308 g/mol. The summed E-state index contributed by atoms with van der Waals surface area (Å²) in [4.78, 5) is 29.9. The quantitative estimate of drug-likeness (QED) is 0.639. The van der Waals surface area contributed by atoms with Crippen molar-refractivity contribution in [2.45, 2.75) is 0 Å². The number of benzene rings is 1. The Balaban J connectivity index is 2.18. The van der Waals surface area contributed by atoms with Gasteiger partial charge in [-0.3, -0.25) is 15.2 Å². The zero-order valence-corrected chi connectivity index (χ0v) is 13.2. The molecule has 0 atom stereocenters. The van der Waals surface area contributed by atoms with Crippen LogP contribution in [0.3, 0.4) is 0 Å². The van der Waals surface area contributed by atoms with Gasteiger partial charge in [0.25, 0.3) is 5.56 Å². The largest absolute Gasteiger partial charge is 0.331 e. The lowest BCUT2D eigenvalue weighted by Gasteiger charge is -2.12. The number of hydrogen-bond donors (Lipinski definition) is 3. The van der Waals surface area contributed by atoms with E-state index in [1.807, 2.05) is 18.2 Å². The molecule has 0 saturated carbocycles. The highest BCUT2D eigenvalue weighted by Gasteiger charge is 2.16. The fourth-order valence-corrected chi connectivity index (χ4v) is 2.30. The number of hydrogen-bond acceptors (Lipinski definition) is 4. The Bertz CT molecular complexity index is 971. The van der Waals surface area contributed by atoms with E-state index >= 15 is 0 Å². The molecule has 0 aliphatic carbocycles. The van der Waals surface area contributed by atoms with E-state index < -0.39 is 0 Å². The lowest BCUT2D eigenvalue weighted by atomic mass is 10.2. The van der Waals surface area contributed by atoms with Crippen LogP contribution < -0.4 is 10.9 Å². The summed E-state index contributed by atoms with van der Waals surface area (Å²) >= 11 is 0. The first-order valence-electron chi connectivity index (χ1n) is 7.21. The van der Waals surface area contributed by atoms with E-state index in [0.29, 0.717) is 22.2 Å². The maximum atomic E-state index is 12.6. The summed E-state index contributed by atoms with van der Waals surface area (Å²) in [5.74, 6) is 0.220. The van der Waals surface area contributed by atoms with Crippen LogP contribution in [0.5, 0.6) is 0 Å². The van der Waals surface area contributed by atoms with Gasteiger partial charge in [-0.2, -0.15) is 0 Å². The van der Waals surface area contributed by atoms with Gasteiger partial charge in [0.2, 0.25) is 0 Å². The summed E-state index contributed by atoms with van der Waals surface area (Å²) in [6.07, 6.45) is 2.46. The van der Waals surface area contributed by atoms with Crippen molar-refractivity contribution in [2.24, 2.45) is 0 Å². The summed E-state index contributed by atoms with van der Waals surface area (Å²) in [6.45, 7) is 0. The van der Waals surface area contributed by atoms with Crippen molar-refractivity contribution in [3.05, 3.63) is 52.4 Å². The molecule has 24 heavy (non-hydrogen) atoms. The minimum absolute atomic E-state index is 0.220. The summed E-state index contributed by atoms with van der Waals surface area (Å²) in [5, 5.41) is 13.6. The average molecular weight is 324 g/mol. The van der Waals surface area contributed by atoms with E-state index in [1.54, 1.807) is 26.2 Å². The molecule has 2 amide bonds. The van der Waals surface area contributed by atoms with Crippen molar-refractivity contribution in [1.29, 1.82) is 5.41 Å². The number of amides is 2. The predicted molar refractivity (Wildman–Crippen MR) is 92.3 cm³/mol. The van der Waals surface area contributed by atoms with Gasteiger partial charge >= 0.3 is 6.03 Å². The number of carbonyl (C=O) groups excluding carboxylic acids is 1. The number of nitrogens with zero attached hydrogens (tertiary/aromatic N) is 3. The van der Waals surface area contributed by atoms with Gasteiger partial charge < -0.3 is 10.3 Å². The number of nitrogens with one attached hydrogen (secondary N) is 3. The van der Waals surface area contributed by atoms with Gasteiger partial charge in [-0.25, -0.2) is 14.5 Å². The number of rotatable bonds is 3. The van der Waals surface area contributed by atoms with Crippen LogP contribution >= 0.6 is 0 Å². The van der Waals surface area contributed by atoms with Crippen LogP contribution in [0.15, 0.2) is 41.3 Å². The minimum Gasteiger partial charge on any atom is -0.331 e. The minimum atomic E-state index is -0.366. The Morgan fingerprint density at radius 3 is 2.67 bits per heavy atom. The molecule has 0 radical (unpaired) electrons. The lowest BCUT2D eigenvalue weighted by molar-refractivity contribution is 0.230. The van der Waals surface area contributed by atoms with Crippen molar-refractivity contribution >= 4 is 29.0 Å². The standard InChI is InChI=1S/C16H16N6O2/c1-21(2)16(24)19-14-11(8-17)13-12(9-18-14)15(23)22(20-13)10-6-4-3-5-7-10/h3-9,17,20H,1-2H3,(H,18,19,24). The fraction of sp³-hybridized carbons (Fsp3) is 0.125. The first-order chi connectivity index (χ1) is 11.5. The number of carbonyl (C=O) groups is 1. The summed E-state index contributed by atoms with van der Waals surface area (Å²) < 4.78 is 1.39. The van der Waals surface area contributed by atoms with Crippen LogP contribution in [0.25, 0.3) is 16.6 Å². The second-order valence-electron chi connectivity index (χ2n) is 5.37. The molecule has 8 nitrogen and oxygen atoms in total. The molecule has 2 aromatic heterocycles. The number of urea groups is 1. The summed E-state index contributed by atoms with van der Waals surface area (Å²) in [6, 6.07) is 8.73. The molecule has 8 heteroatoms. The van der Waals surface area contributed by atoms with Gasteiger partial charge in [-0.15, -0.1) is 0 Å². The lowest BCUT2D eigenvalue weighted by Crippen LogP contribution is -2.28. The third kappa shape index (κ3) is 2.54. The second kappa shape index (κ2) is 5.99. The van der Waals surface area contributed by atoms with Crippen LogP contribution in [-0.4, -0.2) is 46.0 Å². The third-order valence-corrected chi connectivity index (χ3v) is 3.56. The zero-order chi connectivity index (χ0) is 17.3. The number of anilines is 1. The van der Waals surface area contributed by atoms with Gasteiger partial charge in [-0.05, 0) is 12.1 Å². The topological polar surface area (TPSA) is 107 Å². The molecule has 122 valence electrons. The molecule has 0 aliphatic heterocycles. The predicted octanol–water partition coefficient (Wildman–Crippen LogP) is 1.80. The SMILES string of the molecule is CN(C)C(=O)Nc1ncc2c(=O)n(-c3ccccc3)[nH]c2c1C=N. The Kier molecular flexibility index (Phi) is 3.87. The Morgan fingerprint density at radius 2 is 2.04 bits per heavy atom. The second-order valence-corrected chi connectivity index (χ2v) is 5.37. The van der Waals surface area contributed by atoms with E-state index in [4.69, 9.17) is 5.41 Å². The highest BCUT2D eigenvalue weighted by atomic mass is 16.2. The third-order valence-electron chi connectivity index (χ3n) is 3.56. The van der Waals surface area contributed by atoms with Gasteiger partial charge in [0.05, 0.1) is 22.2 Å². The molecule has 0 saturated heterocycles. The monoisotopic (exact) mass is 324 g/mol. The van der Waals surface area contributed by atoms with E-state index in [-0.39, 0.29) is 17.4 Å². The van der Waals surface area contributed by atoms with E-state index in [9.17, 15) is 9.59 Å². The molecule has 3 N–H and O–H groups in total. The first kappa shape index (κ1) is 15.5. The number of pyridine rings is 1. The van der Waals surface area contributed by atoms with Crippen LogP contribution in [-0.2, 0) is 0 Å². The first-order valence-corrected chi connectivity index (χ1v) is 7.21. The van der Waals surface area contributed by atoms with Crippen LogP contribution in [0, 0.1) is 5.41 Å². The normalized spacial score (nSPS) is 10.6. The number of H-pyrrole nitrogens is 1. The van der Waals surface area contributed by atoms with Gasteiger partial charge in [0.15, 0.2) is 0 Å². The van der Waals surface area contributed by atoms with Crippen molar-refractivity contribution in [2.75, 3.05) is 19.4 Å². The van der Waals surface area contributed by atoms with Crippen molar-refractivity contribution in [1.82, 2.24) is 19.7 Å². The van der Waals surface area contributed by atoms with E-state index in [0.717, 1.165) is 6.21 Å². The fourth-order valence-electron chi connectivity index (χ4n) is 2.30. The average Bonchev–Trinajstić information content (AvgIpc) is 2.92. The van der Waals surface area contributed by atoms with Gasteiger partial charge in [-0.1, -0.05) is 18.2 Å². The summed E-state index contributed by atoms with van der Waals surface area (Å²) in [5.41, 5.74) is 1.20. The molecular formula is C16H16N6O2. The molecule has 0 bridgehead atoms. The highest BCUT2D eigenvalue weighted by Crippen LogP contribution is 2.20. The molecule has 0 spiro atoms. The van der Waals surface area contributed by atoms with E-state index in [1.165, 1.54) is 15.8 Å². The number of aromatic amines is 1. The molecule has 0 fully saturated rings. The highest BCUT2D eigenvalue weighted by molar-refractivity contribution is 6.04. The Hall–Kier alpha value is -3.42. The molecule has 1 aromatic carbocycles. The molecule has 2 heterocycles. The summed E-state index contributed by atoms with van der Waals surface area (Å²) in [7, 11) is 3.21. The number of para-hydroxylation sites is 1. The Morgan fingerprint density at radius 1 is 1.33 bits per heavy atom. The van der Waals surface area contributed by atoms with Crippen LogP contribution in [0.1, 0.15) is 5.56 Å². The van der Waals surface area contributed by atoms with E-state index in [2.05, 4.69) is 15.4 Å². The maximum Gasteiger partial charge on any atom is 0.322 e. The number of aromatic nitrogens is 3. The van der Waals surface area contributed by atoms with Crippen LogP contribution in [0.2, 0.25) is 0 Å². The van der Waals surface area contributed by atoms with Crippen molar-refractivity contribution in [3.63, 3.8) is 0 Å².